The zero-order valence-corrected chi connectivity index (χ0v) is 10.8. The molecular formula is C15H12N2O3. The molecule has 1 amide bonds. The largest absolute Gasteiger partial charge is 0.495 e. The first-order valence-corrected chi connectivity index (χ1v) is 5.83. The Bertz CT molecular complexity index is 667. The van der Waals surface area contributed by atoms with Gasteiger partial charge < -0.3 is 14.5 Å². The third-order valence-corrected chi connectivity index (χ3v) is 2.57. The fraction of sp³-hybridized carbons (Fsp3) is 0.0667. The number of nitrogens with one attached hydrogen (secondary N) is 1. The number of rotatable bonds is 4. The summed E-state index contributed by atoms with van der Waals surface area (Å²) >= 11 is 0. The molecule has 0 unspecified atom stereocenters. The van der Waals surface area contributed by atoms with Gasteiger partial charge in [-0.05, 0) is 24.3 Å². The Morgan fingerprint density at radius 1 is 1.40 bits per heavy atom. The Labute approximate surface area is 116 Å². The van der Waals surface area contributed by atoms with Crippen LogP contribution in [0, 0.1) is 11.3 Å². The van der Waals surface area contributed by atoms with Crippen LogP contribution in [-0.4, -0.2) is 13.0 Å². The molecule has 0 spiro atoms. The number of methoxy groups -OCH3 is 1. The second kappa shape index (κ2) is 6.25. The number of hydrogen-bond acceptors (Lipinski definition) is 4. The molecule has 0 aliphatic rings. The van der Waals surface area contributed by atoms with Crippen molar-refractivity contribution in [2.24, 2.45) is 0 Å². The number of nitrogens with zero attached hydrogens (tertiary/aromatic N) is 1. The lowest BCUT2D eigenvalue weighted by Crippen LogP contribution is -2.14. The van der Waals surface area contributed by atoms with Crippen LogP contribution in [0.1, 0.15) is 5.56 Å². The van der Waals surface area contributed by atoms with Gasteiger partial charge in [0.05, 0.1) is 25.3 Å². The second-order valence-electron chi connectivity index (χ2n) is 3.88. The number of benzene rings is 1. The van der Waals surface area contributed by atoms with Crippen LogP contribution >= 0.6 is 0 Å². The van der Waals surface area contributed by atoms with Crippen LogP contribution in [-0.2, 0) is 4.79 Å². The SMILES string of the molecule is COc1ccccc1NC(=O)/C(C#N)=C\c1ccoc1. The van der Waals surface area contributed by atoms with Crippen LogP contribution in [0.25, 0.3) is 6.08 Å². The summed E-state index contributed by atoms with van der Waals surface area (Å²) in [4.78, 5) is 12.1. The Balaban J connectivity index is 2.21. The first-order valence-electron chi connectivity index (χ1n) is 5.83. The maximum atomic E-state index is 12.1. The highest BCUT2D eigenvalue weighted by Gasteiger charge is 2.12. The van der Waals surface area contributed by atoms with E-state index in [9.17, 15) is 4.79 Å². The van der Waals surface area contributed by atoms with E-state index in [2.05, 4.69) is 5.32 Å². The van der Waals surface area contributed by atoms with Crippen LogP contribution in [0.15, 0.2) is 52.8 Å². The second-order valence-corrected chi connectivity index (χ2v) is 3.88. The molecule has 2 rings (SSSR count). The smallest absolute Gasteiger partial charge is 0.266 e. The number of ether oxygens (including phenoxy) is 1. The van der Waals surface area contributed by atoms with E-state index in [-0.39, 0.29) is 5.57 Å². The number of carbonyl (C=O) groups is 1. The van der Waals surface area contributed by atoms with Gasteiger partial charge in [-0.2, -0.15) is 5.26 Å². The van der Waals surface area contributed by atoms with Crippen molar-refractivity contribution in [1.82, 2.24) is 0 Å². The van der Waals surface area contributed by atoms with Gasteiger partial charge in [0.25, 0.3) is 5.91 Å². The van der Waals surface area contributed by atoms with Crippen LogP contribution < -0.4 is 10.1 Å². The van der Waals surface area contributed by atoms with Crippen molar-refractivity contribution >= 4 is 17.7 Å². The summed E-state index contributed by atoms with van der Waals surface area (Å²) in [7, 11) is 1.51. The van der Waals surface area contributed by atoms with Crippen molar-refractivity contribution < 1.29 is 13.9 Å². The standard InChI is InChI=1S/C15H12N2O3/c1-19-14-5-3-2-4-13(14)17-15(18)12(9-16)8-11-6-7-20-10-11/h2-8,10H,1H3,(H,17,18)/b12-8-. The van der Waals surface area contributed by atoms with Crippen LogP contribution in [0.2, 0.25) is 0 Å². The number of anilines is 1. The molecule has 5 nitrogen and oxygen atoms in total. The molecule has 1 aromatic heterocycles. The van der Waals surface area contributed by atoms with Crippen molar-refractivity contribution in [3.05, 3.63) is 54.0 Å². The van der Waals surface area contributed by atoms with Gasteiger partial charge in [0.15, 0.2) is 0 Å². The van der Waals surface area contributed by atoms with E-state index in [4.69, 9.17) is 14.4 Å². The lowest BCUT2D eigenvalue weighted by Gasteiger charge is -2.08. The van der Waals surface area contributed by atoms with E-state index in [1.807, 2.05) is 6.07 Å². The van der Waals surface area contributed by atoms with Gasteiger partial charge in [0.2, 0.25) is 0 Å². The maximum absolute atomic E-state index is 12.1. The molecule has 1 aromatic carbocycles. The fourth-order valence-electron chi connectivity index (χ4n) is 1.61. The number of furan rings is 1. The zero-order valence-electron chi connectivity index (χ0n) is 10.8. The van der Waals surface area contributed by atoms with Gasteiger partial charge in [0.1, 0.15) is 17.4 Å². The molecule has 0 fully saturated rings. The van der Waals surface area contributed by atoms with Crippen molar-refractivity contribution in [2.45, 2.75) is 0 Å². The average Bonchev–Trinajstić information content (AvgIpc) is 2.98. The molecule has 5 heteroatoms. The predicted molar refractivity (Wildman–Crippen MR) is 73.9 cm³/mol. The summed E-state index contributed by atoms with van der Waals surface area (Å²) in [5.74, 6) is 0.0275. The fourth-order valence-corrected chi connectivity index (χ4v) is 1.61. The van der Waals surface area contributed by atoms with E-state index >= 15 is 0 Å². The molecule has 0 radical (unpaired) electrons. The minimum absolute atomic E-state index is 0.0164. The summed E-state index contributed by atoms with van der Waals surface area (Å²) in [6.45, 7) is 0. The lowest BCUT2D eigenvalue weighted by molar-refractivity contribution is -0.112. The van der Waals surface area contributed by atoms with E-state index in [0.29, 0.717) is 17.0 Å². The Hall–Kier alpha value is -3.00. The van der Waals surface area contributed by atoms with E-state index < -0.39 is 5.91 Å². The summed E-state index contributed by atoms with van der Waals surface area (Å²) in [5, 5.41) is 11.7. The quantitative estimate of drug-likeness (QED) is 0.683. The highest BCUT2D eigenvalue weighted by molar-refractivity contribution is 6.10. The molecule has 100 valence electrons. The molecular weight excluding hydrogens is 256 g/mol. The third-order valence-electron chi connectivity index (χ3n) is 2.57. The topological polar surface area (TPSA) is 75.3 Å². The van der Waals surface area contributed by atoms with Crippen LogP contribution in [0.4, 0.5) is 5.69 Å². The minimum atomic E-state index is -0.502. The van der Waals surface area contributed by atoms with Gasteiger partial charge in [-0.1, -0.05) is 12.1 Å². The van der Waals surface area contributed by atoms with Crippen molar-refractivity contribution in [2.75, 3.05) is 12.4 Å². The summed E-state index contributed by atoms with van der Waals surface area (Å²) in [5.41, 5.74) is 1.14. The zero-order chi connectivity index (χ0) is 14.4. The molecule has 1 heterocycles. The molecule has 0 saturated heterocycles. The number of carbonyl (C=O) groups excluding carboxylic acids is 1. The molecule has 20 heavy (non-hydrogen) atoms. The van der Waals surface area contributed by atoms with Crippen molar-refractivity contribution in [1.29, 1.82) is 5.26 Å². The van der Waals surface area contributed by atoms with Crippen molar-refractivity contribution in [3.63, 3.8) is 0 Å². The van der Waals surface area contributed by atoms with Gasteiger partial charge in [-0.25, -0.2) is 0 Å². The highest BCUT2D eigenvalue weighted by atomic mass is 16.5. The lowest BCUT2D eigenvalue weighted by atomic mass is 10.2. The van der Waals surface area contributed by atoms with Crippen molar-refractivity contribution in [3.8, 4) is 11.8 Å². The average molecular weight is 268 g/mol. The highest BCUT2D eigenvalue weighted by Crippen LogP contribution is 2.23. The summed E-state index contributed by atoms with van der Waals surface area (Å²) in [6.07, 6.45) is 4.38. The predicted octanol–water partition coefficient (Wildman–Crippen LogP) is 2.83. The van der Waals surface area contributed by atoms with E-state index in [1.165, 1.54) is 25.7 Å². The van der Waals surface area contributed by atoms with E-state index in [0.717, 1.165) is 0 Å². The molecule has 0 atom stereocenters. The first-order chi connectivity index (χ1) is 9.74. The number of hydrogen-bond donors (Lipinski definition) is 1. The normalized spacial score (nSPS) is 10.7. The number of para-hydroxylation sites is 2. The van der Waals surface area contributed by atoms with Gasteiger partial charge in [0, 0.05) is 5.56 Å². The number of nitriles is 1. The monoisotopic (exact) mass is 268 g/mol. The first kappa shape index (κ1) is 13.4. The van der Waals surface area contributed by atoms with Gasteiger partial charge in [-0.15, -0.1) is 0 Å². The van der Waals surface area contributed by atoms with Crippen LogP contribution in [0.5, 0.6) is 5.75 Å². The molecule has 0 saturated carbocycles. The summed E-state index contributed by atoms with van der Waals surface area (Å²) in [6, 6.07) is 10.5. The van der Waals surface area contributed by atoms with Crippen LogP contribution in [0.3, 0.4) is 0 Å². The minimum Gasteiger partial charge on any atom is -0.495 e. The maximum Gasteiger partial charge on any atom is 0.266 e. The molecule has 2 aromatic rings. The Kier molecular flexibility index (Phi) is 4.20. The Morgan fingerprint density at radius 3 is 2.85 bits per heavy atom. The van der Waals surface area contributed by atoms with Gasteiger partial charge >= 0.3 is 0 Å². The van der Waals surface area contributed by atoms with E-state index in [1.54, 1.807) is 30.3 Å². The van der Waals surface area contributed by atoms with Gasteiger partial charge in [-0.3, -0.25) is 4.79 Å². The summed E-state index contributed by atoms with van der Waals surface area (Å²) < 4.78 is 10.0. The Morgan fingerprint density at radius 2 is 2.20 bits per heavy atom. The molecule has 0 aliphatic heterocycles. The molecule has 0 aliphatic carbocycles. The molecule has 1 N–H and O–H groups in total. The third kappa shape index (κ3) is 3.06. The molecule has 0 bridgehead atoms. The number of amides is 1.